The van der Waals surface area contributed by atoms with E-state index in [1.807, 2.05) is 19.1 Å². The largest absolute Gasteiger partial charge is 0.495 e. The Bertz CT molecular complexity index is 809. The Morgan fingerprint density at radius 1 is 1.30 bits per heavy atom. The number of halogens is 2. The Balaban J connectivity index is 0.00000261. The molecule has 0 unspecified atom stereocenters. The highest BCUT2D eigenvalue weighted by atomic mass is 127. The summed E-state index contributed by atoms with van der Waals surface area (Å²) in [7, 11) is 1.58. The van der Waals surface area contributed by atoms with Gasteiger partial charge < -0.3 is 20.7 Å². The summed E-state index contributed by atoms with van der Waals surface area (Å²) in [6.45, 7) is 4.64. The number of hydrogen-bond acceptors (Lipinski definition) is 4. The summed E-state index contributed by atoms with van der Waals surface area (Å²) in [5.41, 5.74) is 8.86. The molecule has 27 heavy (non-hydrogen) atoms. The van der Waals surface area contributed by atoms with E-state index >= 15 is 0 Å². The molecule has 8 heteroatoms. The molecule has 0 atom stereocenters. The summed E-state index contributed by atoms with van der Waals surface area (Å²) in [5, 5.41) is 3.57. The lowest BCUT2D eigenvalue weighted by Gasteiger charge is -2.17. The van der Waals surface area contributed by atoms with E-state index < -0.39 is 0 Å². The zero-order valence-corrected chi connectivity index (χ0v) is 18.6. The summed E-state index contributed by atoms with van der Waals surface area (Å²) in [6.07, 6.45) is 2.45. The van der Waals surface area contributed by atoms with E-state index in [0.717, 1.165) is 35.9 Å². The van der Waals surface area contributed by atoms with Crippen molar-refractivity contribution in [1.82, 2.24) is 4.98 Å². The summed E-state index contributed by atoms with van der Waals surface area (Å²) in [4.78, 5) is 11.4. The van der Waals surface area contributed by atoms with Gasteiger partial charge in [0.1, 0.15) is 11.6 Å². The third kappa shape index (κ3) is 5.87. The lowest BCUT2D eigenvalue weighted by molar-refractivity contribution is 0.415. The molecule has 0 bridgehead atoms. The van der Waals surface area contributed by atoms with E-state index in [1.165, 1.54) is 12.8 Å². The quantitative estimate of drug-likeness (QED) is 0.365. The maximum atomic E-state index is 6.13. The lowest BCUT2D eigenvalue weighted by atomic mass is 10.2. The van der Waals surface area contributed by atoms with Crippen molar-refractivity contribution in [3.05, 3.63) is 46.6 Å². The highest BCUT2D eigenvalue weighted by Gasteiger charge is 2.14. The highest BCUT2D eigenvalue weighted by molar-refractivity contribution is 14.0. The van der Waals surface area contributed by atoms with Crippen LogP contribution < -0.4 is 20.7 Å². The number of aromatic nitrogens is 1. The predicted octanol–water partition coefficient (Wildman–Crippen LogP) is 4.20. The van der Waals surface area contributed by atoms with Gasteiger partial charge in [0.15, 0.2) is 5.96 Å². The van der Waals surface area contributed by atoms with Crippen molar-refractivity contribution in [2.24, 2.45) is 10.7 Å². The Morgan fingerprint density at radius 3 is 2.70 bits per heavy atom. The molecule has 1 aromatic carbocycles. The minimum atomic E-state index is 0. The molecule has 0 saturated carbocycles. The van der Waals surface area contributed by atoms with E-state index in [2.05, 4.69) is 26.3 Å². The summed E-state index contributed by atoms with van der Waals surface area (Å²) < 4.78 is 5.14. The topological polar surface area (TPSA) is 75.8 Å². The van der Waals surface area contributed by atoms with Gasteiger partial charge in [-0.3, -0.25) is 0 Å². The number of aliphatic imine (C=N–C) groups is 1. The minimum Gasteiger partial charge on any atom is -0.495 e. The van der Waals surface area contributed by atoms with Crippen LogP contribution in [-0.4, -0.2) is 31.1 Å². The third-order valence-electron chi connectivity index (χ3n) is 4.29. The van der Waals surface area contributed by atoms with Crippen LogP contribution in [0.25, 0.3) is 0 Å². The molecule has 2 heterocycles. The summed E-state index contributed by atoms with van der Waals surface area (Å²) in [6, 6.07) is 9.52. The number of nitrogens with one attached hydrogen (secondary N) is 1. The molecule has 0 radical (unpaired) electrons. The van der Waals surface area contributed by atoms with Crippen molar-refractivity contribution in [1.29, 1.82) is 0 Å². The van der Waals surface area contributed by atoms with Gasteiger partial charge in [0, 0.05) is 24.5 Å². The fraction of sp³-hybridized carbons (Fsp3) is 0.368. The number of methoxy groups -OCH3 is 1. The van der Waals surface area contributed by atoms with Crippen molar-refractivity contribution in [2.75, 3.05) is 30.4 Å². The van der Waals surface area contributed by atoms with Crippen LogP contribution in [0.5, 0.6) is 5.75 Å². The number of rotatable bonds is 5. The maximum Gasteiger partial charge on any atom is 0.193 e. The third-order valence-corrected chi connectivity index (χ3v) is 4.58. The maximum absolute atomic E-state index is 6.13. The first kappa shape index (κ1) is 21.6. The van der Waals surface area contributed by atoms with Crippen molar-refractivity contribution < 1.29 is 4.74 Å². The average molecular weight is 502 g/mol. The van der Waals surface area contributed by atoms with E-state index in [1.54, 1.807) is 19.2 Å². The van der Waals surface area contributed by atoms with Gasteiger partial charge in [-0.1, -0.05) is 11.6 Å². The van der Waals surface area contributed by atoms with Crippen LogP contribution in [0.15, 0.2) is 35.3 Å². The van der Waals surface area contributed by atoms with Crippen LogP contribution in [0.1, 0.15) is 24.1 Å². The summed E-state index contributed by atoms with van der Waals surface area (Å²) >= 11 is 6.13. The highest BCUT2D eigenvalue weighted by Crippen LogP contribution is 2.27. The Kier molecular flexibility index (Phi) is 7.97. The molecule has 0 aliphatic carbocycles. The average Bonchev–Trinajstić information content (AvgIpc) is 3.14. The second-order valence-corrected chi connectivity index (χ2v) is 6.75. The molecular weight excluding hydrogens is 477 g/mol. The van der Waals surface area contributed by atoms with E-state index in [4.69, 9.17) is 22.1 Å². The first-order chi connectivity index (χ1) is 12.5. The SMILES string of the molecule is COc1ccc(NC(N)=NCc2cc(C)nc(N3CCCC3)c2)cc1Cl.I. The normalized spacial score (nSPS) is 14.0. The molecule has 0 spiro atoms. The Hall–Kier alpha value is -1.74. The van der Waals surface area contributed by atoms with Gasteiger partial charge in [-0.25, -0.2) is 9.98 Å². The van der Waals surface area contributed by atoms with Gasteiger partial charge in [-0.15, -0.1) is 24.0 Å². The lowest BCUT2D eigenvalue weighted by Crippen LogP contribution is -2.22. The number of nitrogens with two attached hydrogens (primary N) is 1. The number of guanidine groups is 1. The van der Waals surface area contributed by atoms with Crippen molar-refractivity contribution in [2.45, 2.75) is 26.3 Å². The van der Waals surface area contributed by atoms with Crippen LogP contribution in [-0.2, 0) is 6.54 Å². The van der Waals surface area contributed by atoms with E-state index in [9.17, 15) is 0 Å². The molecule has 1 fully saturated rings. The number of benzene rings is 1. The van der Waals surface area contributed by atoms with Crippen LogP contribution >= 0.6 is 35.6 Å². The van der Waals surface area contributed by atoms with Gasteiger partial charge in [-0.05, 0) is 55.7 Å². The Labute approximate surface area is 182 Å². The number of aryl methyl sites for hydroxylation is 1. The monoisotopic (exact) mass is 501 g/mol. The van der Waals surface area contributed by atoms with Gasteiger partial charge in [-0.2, -0.15) is 0 Å². The molecule has 3 rings (SSSR count). The van der Waals surface area contributed by atoms with Gasteiger partial charge >= 0.3 is 0 Å². The zero-order chi connectivity index (χ0) is 18.5. The molecule has 6 nitrogen and oxygen atoms in total. The van der Waals surface area contributed by atoms with Gasteiger partial charge in [0.25, 0.3) is 0 Å². The van der Waals surface area contributed by atoms with Crippen LogP contribution in [0.4, 0.5) is 11.5 Å². The van der Waals surface area contributed by atoms with E-state index in [0.29, 0.717) is 23.3 Å². The molecule has 1 aromatic heterocycles. The van der Waals surface area contributed by atoms with Crippen molar-refractivity contribution in [3.63, 3.8) is 0 Å². The first-order valence-electron chi connectivity index (χ1n) is 8.68. The number of ether oxygens (including phenoxy) is 1. The zero-order valence-electron chi connectivity index (χ0n) is 15.5. The standard InChI is InChI=1S/C19H24ClN5O.HI/c1-13-9-14(10-18(23-13)25-7-3-4-8-25)12-22-19(21)24-15-5-6-17(26-2)16(20)11-15;/h5-6,9-11H,3-4,7-8,12H2,1-2H3,(H3,21,22,24);1H. The second kappa shape index (κ2) is 9.98. The number of anilines is 2. The molecule has 1 aliphatic rings. The molecule has 3 N–H and O–H groups in total. The number of nitrogens with zero attached hydrogens (tertiary/aromatic N) is 3. The van der Waals surface area contributed by atoms with Crippen LogP contribution in [0.3, 0.4) is 0 Å². The Morgan fingerprint density at radius 2 is 2.04 bits per heavy atom. The predicted molar refractivity (Wildman–Crippen MR) is 123 cm³/mol. The molecule has 1 saturated heterocycles. The molecule has 146 valence electrons. The molecular formula is C19H25ClIN5O. The fourth-order valence-electron chi connectivity index (χ4n) is 3.03. The number of pyridine rings is 1. The molecule has 1 aliphatic heterocycles. The number of hydrogen-bond donors (Lipinski definition) is 2. The van der Waals surface area contributed by atoms with E-state index in [-0.39, 0.29) is 24.0 Å². The van der Waals surface area contributed by atoms with Crippen LogP contribution in [0, 0.1) is 6.92 Å². The smallest absolute Gasteiger partial charge is 0.193 e. The van der Waals surface area contributed by atoms with Crippen LogP contribution in [0.2, 0.25) is 5.02 Å². The van der Waals surface area contributed by atoms with Crippen molar-refractivity contribution in [3.8, 4) is 5.75 Å². The van der Waals surface area contributed by atoms with Crippen molar-refractivity contribution >= 4 is 53.0 Å². The van der Waals surface area contributed by atoms with Gasteiger partial charge in [0.05, 0.1) is 18.7 Å². The molecule has 2 aromatic rings. The summed E-state index contributed by atoms with van der Waals surface area (Å²) in [5.74, 6) is 1.99. The second-order valence-electron chi connectivity index (χ2n) is 6.34. The molecule has 0 amide bonds. The first-order valence-corrected chi connectivity index (χ1v) is 9.06. The minimum absolute atomic E-state index is 0. The fourth-order valence-corrected chi connectivity index (χ4v) is 3.29. The van der Waals surface area contributed by atoms with Gasteiger partial charge in [0.2, 0.25) is 0 Å².